The number of hydrogen-bond acceptors (Lipinski definition) is 3. The molecule has 5 heteroatoms. The summed E-state index contributed by atoms with van der Waals surface area (Å²) in [5.41, 5.74) is 0. The van der Waals surface area contributed by atoms with Crippen molar-refractivity contribution in [2.24, 2.45) is 0 Å². The third kappa shape index (κ3) is 12.3. The van der Waals surface area contributed by atoms with Gasteiger partial charge in [0.1, 0.15) is 0 Å². The first kappa shape index (κ1) is 14.3. The fourth-order valence-electron chi connectivity index (χ4n) is 1.28. The van der Waals surface area contributed by atoms with Gasteiger partial charge in [-0.05, 0) is 18.6 Å². The Morgan fingerprint density at radius 2 is 1.29 bits per heavy atom. The molecule has 0 aliphatic rings. The second kappa shape index (κ2) is 8.56. The van der Waals surface area contributed by atoms with E-state index in [1.165, 1.54) is 12.8 Å². The van der Waals surface area contributed by atoms with Crippen LogP contribution in [0.2, 0.25) is 0 Å². The molecule has 1 N–H and O–H groups in total. The lowest BCUT2D eigenvalue weighted by Gasteiger charge is -2.00. The highest BCUT2D eigenvalue weighted by molar-refractivity contribution is 7.85. The third-order valence-electron chi connectivity index (χ3n) is 2.06. The number of hydrogen-bond donors (Lipinski definition) is 2. The maximum absolute atomic E-state index is 10.4. The molecule has 0 spiro atoms. The molecule has 3 nitrogen and oxygen atoms in total. The smallest absolute Gasteiger partial charge is 0.264 e. The summed E-state index contributed by atoms with van der Waals surface area (Å²) in [4.78, 5) is 0. The summed E-state index contributed by atoms with van der Waals surface area (Å²) in [6.45, 7) is 0. The summed E-state index contributed by atoms with van der Waals surface area (Å²) in [5.74, 6) is 0.854. The first-order chi connectivity index (χ1) is 6.56. The lowest BCUT2D eigenvalue weighted by atomic mass is 10.1. The second-order valence-corrected chi connectivity index (χ2v) is 5.50. The molecule has 14 heavy (non-hydrogen) atoms. The zero-order valence-electron chi connectivity index (χ0n) is 8.48. The van der Waals surface area contributed by atoms with Crippen LogP contribution in [0, 0.1) is 0 Å². The van der Waals surface area contributed by atoms with Gasteiger partial charge in [-0.1, -0.05) is 32.1 Å². The first-order valence-electron chi connectivity index (χ1n) is 5.12. The maximum Gasteiger partial charge on any atom is 0.264 e. The van der Waals surface area contributed by atoms with E-state index in [0.717, 1.165) is 31.4 Å². The molecular formula is C9H20O3S2. The van der Waals surface area contributed by atoms with Gasteiger partial charge in [0.2, 0.25) is 0 Å². The molecule has 0 aromatic carbocycles. The topological polar surface area (TPSA) is 54.4 Å². The fraction of sp³-hybridized carbons (Fsp3) is 1.00. The van der Waals surface area contributed by atoms with Gasteiger partial charge in [-0.25, -0.2) is 0 Å². The minimum absolute atomic E-state index is 0.0936. The molecule has 0 heterocycles. The summed E-state index contributed by atoms with van der Waals surface area (Å²) in [6.07, 6.45) is 7.25. The zero-order chi connectivity index (χ0) is 10.9. The highest BCUT2D eigenvalue weighted by Crippen LogP contribution is 2.08. The van der Waals surface area contributed by atoms with E-state index in [-0.39, 0.29) is 5.75 Å². The molecule has 0 unspecified atom stereocenters. The van der Waals surface area contributed by atoms with Crippen molar-refractivity contribution in [1.82, 2.24) is 0 Å². The number of thiol groups is 1. The highest BCUT2D eigenvalue weighted by Gasteiger charge is 2.02. The highest BCUT2D eigenvalue weighted by atomic mass is 32.2. The van der Waals surface area contributed by atoms with Crippen molar-refractivity contribution in [2.75, 3.05) is 11.5 Å². The average molecular weight is 240 g/mol. The SMILES string of the molecule is O=S(=O)(O)CCCCCCCCCS. The lowest BCUT2D eigenvalue weighted by Crippen LogP contribution is -2.03. The fourth-order valence-corrected chi connectivity index (χ4v) is 2.07. The summed E-state index contributed by atoms with van der Waals surface area (Å²) < 4.78 is 29.2. The first-order valence-corrected chi connectivity index (χ1v) is 7.36. The van der Waals surface area contributed by atoms with E-state index in [1.807, 2.05) is 0 Å². The number of unbranched alkanes of at least 4 members (excludes halogenated alkanes) is 6. The molecular weight excluding hydrogens is 220 g/mol. The molecule has 0 saturated heterocycles. The van der Waals surface area contributed by atoms with E-state index >= 15 is 0 Å². The Balaban J connectivity index is 3.07. The molecule has 0 aromatic rings. The molecule has 0 rings (SSSR count). The van der Waals surface area contributed by atoms with Crippen molar-refractivity contribution in [3.63, 3.8) is 0 Å². The van der Waals surface area contributed by atoms with Gasteiger partial charge in [0.05, 0.1) is 5.75 Å². The van der Waals surface area contributed by atoms with Crippen molar-refractivity contribution in [1.29, 1.82) is 0 Å². The van der Waals surface area contributed by atoms with Gasteiger partial charge < -0.3 is 0 Å². The number of rotatable bonds is 9. The predicted octanol–water partition coefficient (Wildman–Crippen LogP) is 2.53. The zero-order valence-corrected chi connectivity index (χ0v) is 10.2. The van der Waals surface area contributed by atoms with Crippen LogP contribution in [0.3, 0.4) is 0 Å². The van der Waals surface area contributed by atoms with Crippen LogP contribution in [-0.4, -0.2) is 24.5 Å². The van der Waals surface area contributed by atoms with Gasteiger partial charge in [-0.15, -0.1) is 0 Å². The van der Waals surface area contributed by atoms with Crippen LogP contribution in [0.25, 0.3) is 0 Å². The van der Waals surface area contributed by atoms with Crippen molar-refractivity contribution < 1.29 is 13.0 Å². The molecule has 0 bridgehead atoms. The predicted molar refractivity (Wildman–Crippen MR) is 62.6 cm³/mol. The van der Waals surface area contributed by atoms with Crippen LogP contribution in [0.4, 0.5) is 0 Å². The Morgan fingerprint density at radius 1 is 0.857 bits per heavy atom. The summed E-state index contributed by atoms with van der Waals surface area (Å²) >= 11 is 4.12. The third-order valence-corrected chi connectivity index (χ3v) is 3.18. The van der Waals surface area contributed by atoms with Crippen LogP contribution >= 0.6 is 12.6 Å². The summed E-state index contributed by atoms with van der Waals surface area (Å²) in [7, 11) is -3.74. The van der Waals surface area contributed by atoms with Crippen LogP contribution in [0.5, 0.6) is 0 Å². The molecule has 0 radical (unpaired) electrons. The largest absolute Gasteiger partial charge is 0.286 e. The van der Waals surface area contributed by atoms with Gasteiger partial charge in [0.15, 0.2) is 0 Å². The Morgan fingerprint density at radius 3 is 1.71 bits per heavy atom. The van der Waals surface area contributed by atoms with E-state index in [2.05, 4.69) is 12.6 Å². The van der Waals surface area contributed by atoms with Crippen molar-refractivity contribution in [3.05, 3.63) is 0 Å². The molecule has 0 aliphatic carbocycles. The van der Waals surface area contributed by atoms with Crippen LogP contribution in [0.1, 0.15) is 44.9 Å². The van der Waals surface area contributed by atoms with E-state index in [9.17, 15) is 8.42 Å². The minimum atomic E-state index is -3.74. The Hall–Kier alpha value is 0.260. The monoisotopic (exact) mass is 240 g/mol. The van der Waals surface area contributed by atoms with Crippen molar-refractivity contribution >= 4 is 22.7 Å². The maximum atomic E-state index is 10.4. The molecule has 86 valence electrons. The Bertz CT molecular complexity index is 212. The van der Waals surface area contributed by atoms with Gasteiger partial charge in [0, 0.05) is 0 Å². The quantitative estimate of drug-likeness (QED) is 0.370. The molecule has 0 atom stereocenters. The van der Waals surface area contributed by atoms with Gasteiger partial charge in [-0.2, -0.15) is 21.0 Å². The minimum Gasteiger partial charge on any atom is -0.286 e. The Kier molecular flexibility index (Phi) is 8.72. The molecule has 0 amide bonds. The average Bonchev–Trinajstić information content (AvgIpc) is 2.08. The van der Waals surface area contributed by atoms with Crippen molar-refractivity contribution in [2.45, 2.75) is 44.9 Å². The van der Waals surface area contributed by atoms with E-state index in [1.54, 1.807) is 0 Å². The summed E-state index contributed by atoms with van der Waals surface area (Å²) in [5, 5.41) is 0. The van der Waals surface area contributed by atoms with Gasteiger partial charge in [0.25, 0.3) is 10.1 Å². The molecule has 0 fully saturated rings. The Labute approximate surface area is 92.4 Å². The van der Waals surface area contributed by atoms with Gasteiger partial charge >= 0.3 is 0 Å². The lowest BCUT2D eigenvalue weighted by molar-refractivity contribution is 0.478. The summed E-state index contributed by atoms with van der Waals surface area (Å²) in [6, 6.07) is 0. The molecule has 0 aromatic heterocycles. The normalized spacial score (nSPS) is 11.9. The van der Waals surface area contributed by atoms with Crippen molar-refractivity contribution in [3.8, 4) is 0 Å². The van der Waals surface area contributed by atoms with E-state index < -0.39 is 10.1 Å². The van der Waals surface area contributed by atoms with E-state index in [4.69, 9.17) is 4.55 Å². The van der Waals surface area contributed by atoms with Crippen LogP contribution in [-0.2, 0) is 10.1 Å². The van der Waals surface area contributed by atoms with E-state index in [0.29, 0.717) is 6.42 Å². The van der Waals surface area contributed by atoms with Crippen LogP contribution in [0.15, 0.2) is 0 Å². The molecule has 0 aliphatic heterocycles. The second-order valence-electron chi connectivity index (χ2n) is 3.48. The standard InChI is InChI=1S/C9H20O3S2/c10-14(11,12)9-7-5-3-1-2-4-6-8-13/h13H,1-9H2,(H,10,11,12). The van der Waals surface area contributed by atoms with Crippen LogP contribution < -0.4 is 0 Å². The molecule has 0 saturated carbocycles. The van der Waals surface area contributed by atoms with Gasteiger partial charge in [-0.3, -0.25) is 4.55 Å².